The van der Waals surface area contributed by atoms with Crippen LogP contribution in [0.1, 0.15) is 60.1 Å². The molecule has 2 heterocycles. The zero-order valence-corrected chi connectivity index (χ0v) is 17.4. The zero-order chi connectivity index (χ0) is 19.1. The normalized spacial score (nSPS) is 15.6. The van der Waals surface area contributed by atoms with Crippen LogP contribution in [-0.2, 0) is 4.74 Å². The van der Waals surface area contributed by atoms with Gasteiger partial charge in [-0.25, -0.2) is 4.68 Å². The predicted octanol–water partition coefficient (Wildman–Crippen LogP) is 2.83. The smallest absolute Gasteiger partial charge is 0.273 e. The Labute approximate surface area is 172 Å². The molecule has 0 saturated carbocycles. The van der Waals surface area contributed by atoms with E-state index in [1.165, 1.54) is 0 Å². The summed E-state index contributed by atoms with van der Waals surface area (Å²) < 4.78 is 7.74. The minimum Gasteiger partial charge on any atom is -0.374 e. The topological polar surface area (TPSA) is 81.1 Å². The largest absolute Gasteiger partial charge is 0.374 e. The highest BCUT2D eigenvalue weighted by Crippen LogP contribution is 2.20. The van der Waals surface area contributed by atoms with Crippen LogP contribution in [0.4, 0.5) is 0 Å². The number of benzene rings is 1. The van der Waals surface area contributed by atoms with Gasteiger partial charge in [0.1, 0.15) is 0 Å². The third-order valence-corrected chi connectivity index (χ3v) is 5.04. The maximum Gasteiger partial charge on any atom is 0.273 e. The van der Waals surface area contributed by atoms with E-state index in [1.807, 2.05) is 36.7 Å². The van der Waals surface area contributed by atoms with E-state index in [0.29, 0.717) is 24.9 Å². The molecule has 1 amide bonds. The summed E-state index contributed by atoms with van der Waals surface area (Å²) in [7, 11) is 0. The molecule has 0 bridgehead atoms. The molecule has 0 spiro atoms. The quantitative estimate of drug-likeness (QED) is 0.657. The molecule has 3 rings (SSSR count). The molecule has 8 heteroatoms. The average molecular weight is 408 g/mol. The highest BCUT2D eigenvalue weighted by molar-refractivity contribution is 5.93. The lowest BCUT2D eigenvalue weighted by Gasteiger charge is -2.23. The van der Waals surface area contributed by atoms with Gasteiger partial charge in [-0.2, -0.15) is 0 Å². The number of hydrogen-bond donors (Lipinski definition) is 2. The molecule has 2 N–H and O–H groups in total. The first-order valence-corrected chi connectivity index (χ1v) is 9.74. The number of nitrogens with zero attached hydrogens (tertiary/aromatic N) is 3. The molecule has 0 aliphatic carbocycles. The van der Waals surface area contributed by atoms with Crippen LogP contribution in [0, 0.1) is 6.92 Å². The van der Waals surface area contributed by atoms with Crippen LogP contribution >= 0.6 is 12.4 Å². The van der Waals surface area contributed by atoms with Crippen molar-refractivity contribution in [3.63, 3.8) is 0 Å². The molecule has 1 saturated heterocycles. The summed E-state index contributed by atoms with van der Waals surface area (Å²) in [5, 5.41) is 14.6. The lowest BCUT2D eigenvalue weighted by atomic mass is 10.1. The summed E-state index contributed by atoms with van der Waals surface area (Å²) in [4.78, 5) is 12.4. The molecule has 2 aromatic rings. The van der Waals surface area contributed by atoms with Gasteiger partial charge in [0.2, 0.25) is 0 Å². The number of nitrogens with one attached hydrogen (secondary N) is 2. The van der Waals surface area contributed by atoms with E-state index in [-0.39, 0.29) is 24.4 Å². The highest BCUT2D eigenvalue weighted by atomic mass is 35.5. The maximum absolute atomic E-state index is 12.4. The number of hydrogen-bond acceptors (Lipinski definition) is 5. The number of amides is 1. The number of ether oxygens (including phenoxy) is 1. The van der Waals surface area contributed by atoms with Gasteiger partial charge in [-0.15, -0.1) is 17.5 Å². The fourth-order valence-corrected chi connectivity index (χ4v) is 3.39. The molecule has 154 valence electrons. The molecule has 0 radical (unpaired) electrons. The minimum atomic E-state index is -0.163. The molecule has 1 aromatic carbocycles. The second kappa shape index (κ2) is 11.1. The van der Waals surface area contributed by atoms with Crippen molar-refractivity contribution in [2.75, 3.05) is 26.2 Å². The number of halogens is 1. The van der Waals surface area contributed by atoms with Crippen LogP contribution < -0.4 is 10.6 Å². The Bertz CT molecular complexity index is 731. The predicted molar refractivity (Wildman–Crippen MR) is 111 cm³/mol. The van der Waals surface area contributed by atoms with Gasteiger partial charge >= 0.3 is 0 Å². The summed E-state index contributed by atoms with van der Waals surface area (Å²) in [6.07, 6.45) is 2.84. The van der Waals surface area contributed by atoms with Crippen molar-refractivity contribution in [3.8, 4) is 0 Å². The molecule has 1 aromatic heterocycles. The first-order chi connectivity index (χ1) is 13.2. The highest BCUT2D eigenvalue weighted by Gasteiger charge is 2.22. The Kier molecular flexibility index (Phi) is 8.89. The number of piperidine rings is 1. The van der Waals surface area contributed by atoms with Crippen LogP contribution in [0.15, 0.2) is 30.3 Å². The SMILES string of the molecule is Cc1c(C(=O)NCCCOC(C)c2ccccc2)nnn1C1CCNCC1.Cl. The first kappa shape index (κ1) is 22.3. The van der Waals surface area contributed by atoms with Crippen LogP contribution in [-0.4, -0.2) is 47.1 Å². The number of aromatic nitrogens is 3. The fraction of sp³-hybridized carbons (Fsp3) is 0.550. The number of rotatable bonds is 8. The molecular weight excluding hydrogens is 378 g/mol. The standard InChI is InChI=1S/C20H29N5O2.ClH/c1-15-19(23-24-25(15)18-9-12-21-13-10-18)20(26)22-11-6-14-27-16(2)17-7-4-3-5-8-17;/h3-5,7-8,16,18,21H,6,9-14H2,1-2H3,(H,22,26);1H. The van der Waals surface area contributed by atoms with E-state index in [9.17, 15) is 4.79 Å². The summed E-state index contributed by atoms with van der Waals surface area (Å²) in [6, 6.07) is 10.5. The second-order valence-corrected chi connectivity index (χ2v) is 6.98. The van der Waals surface area contributed by atoms with E-state index in [2.05, 4.69) is 33.1 Å². The van der Waals surface area contributed by atoms with Crippen LogP contribution in [0.25, 0.3) is 0 Å². The second-order valence-electron chi connectivity index (χ2n) is 6.98. The Morgan fingerprint density at radius 3 is 2.75 bits per heavy atom. The Hall–Kier alpha value is -1.96. The molecule has 1 atom stereocenters. The summed E-state index contributed by atoms with van der Waals surface area (Å²) in [5.41, 5.74) is 2.42. The van der Waals surface area contributed by atoms with Gasteiger partial charge < -0.3 is 15.4 Å². The van der Waals surface area contributed by atoms with Gasteiger partial charge in [0.05, 0.1) is 17.8 Å². The van der Waals surface area contributed by atoms with Crippen molar-refractivity contribution in [1.29, 1.82) is 0 Å². The van der Waals surface area contributed by atoms with Gasteiger partial charge in [-0.05, 0) is 51.8 Å². The van der Waals surface area contributed by atoms with Gasteiger partial charge in [0.25, 0.3) is 5.91 Å². The van der Waals surface area contributed by atoms with E-state index < -0.39 is 0 Å². The Morgan fingerprint density at radius 2 is 2.04 bits per heavy atom. The van der Waals surface area contributed by atoms with Crippen molar-refractivity contribution in [2.45, 2.75) is 45.3 Å². The van der Waals surface area contributed by atoms with Crippen molar-refractivity contribution in [2.24, 2.45) is 0 Å². The average Bonchev–Trinajstić information content (AvgIpc) is 3.10. The van der Waals surface area contributed by atoms with Crippen molar-refractivity contribution < 1.29 is 9.53 Å². The van der Waals surface area contributed by atoms with Crippen LogP contribution in [0.5, 0.6) is 0 Å². The summed E-state index contributed by atoms with van der Waals surface area (Å²) >= 11 is 0. The third kappa shape index (κ3) is 5.77. The van der Waals surface area contributed by atoms with E-state index in [4.69, 9.17) is 4.74 Å². The lowest BCUT2D eigenvalue weighted by molar-refractivity contribution is 0.0634. The third-order valence-electron chi connectivity index (χ3n) is 5.04. The Balaban J connectivity index is 0.00000280. The molecule has 28 heavy (non-hydrogen) atoms. The van der Waals surface area contributed by atoms with Gasteiger partial charge in [-0.3, -0.25) is 4.79 Å². The molecule has 7 nitrogen and oxygen atoms in total. The van der Waals surface area contributed by atoms with E-state index >= 15 is 0 Å². The van der Waals surface area contributed by atoms with Gasteiger partial charge in [-0.1, -0.05) is 35.5 Å². The molecule has 1 unspecified atom stereocenters. The van der Waals surface area contributed by atoms with Gasteiger partial charge in [0.15, 0.2) is 5.69 Å². The first-order valence-electron chi connectivity index (χ1n) is 9.74. The molecular formula is C20H30ClN5O2. The van der Waals surface area contributed by atoms with Crippen LogP contribution in [0.2, 0.25) is 0 Å². The lowest BCUT2D eigenvalue weighted by Crippen LogP contribution is -2.30. The van der Waals surface area contributed by atoms with Crippen LogP contribution in [0.3, 0.4) is 0 Å². The molecule has 1 aliphatic heterocycles. The minimum absolute atomic E-state index is 0. The Morgan fingerprint density at radius 1 is 1.32 bits per heavy atom. The fourth-order valence-electron chi connectivity index (χ4n) is 3.39. The van der Waals surface area contributed by atoms with E-state index in [0.717, 1.165) is 43.6 Å². The summed E-state index contributed by atoms with van der Waals surface area (Å²) in [6.45, 7) is 7.06. The van der Waals surface area contributed by atoms with Crippen molar-refractivity contribution >= 4 is 18.3 Å². The van der Waals surface area contributed by atoms with Crippen molar-refractivity contribution in [1.82, 2.24) is 25.6 Å². The maximum atomic E-state index is 12.4. The number of carbonyl (C=O) groups is 1. The van der Waals surface area contributed by atoms with Gasteiger partial charge in [0, 0.05) is 13.2 Å². The summed E-state index contributed by atoms with van der Waals surface area (Å²) in [5.74, 6) is -0.163. The number of carbonyl (C=O) groups excluding carboxylic acids is 1. The zero-order valence-electron chi connectivity index (χ0n) is 16.6. The molecule has 1 aliphatic rings. The van der Waals surface area contributed by atoms with E-state index in [1.54, 1.807) is 0 Å². The molecule has 1 fully saturated rings. The monoisotopic (exact) mass is 407 g/mol. The van der Waals surface area contributed by atoms with Crippen molar-refractivity contribution in [3.05, 3.63) is 47.3 Å².